The molecule has 0 spiro atoms. The number of benzene rings is 1. The first-order chi connectivity index (χ1) is 14.0. The van der Waals surface area contributed by atoms with Crippen LogP contribution in [0.3, 0.4) is 0 Å². The summed E-state index contributed by atoms with van der Waals surface area (Å²) in [6, 6.07) is 8.50. The Bertz CT molecular complexity index is 1070. The minimum absolute atomic E-state index is 0.0691. The molecule has 1 aliphatic rings. The van der Waals surface area contributed by atoms with Crippen LogP contribution in [0.2, 0.25) is 0 Å². The second kappa shape index (κ2) is 8.44. The summed E-state index contributed by atoms with van der Waals surface area (Å²) in [6.07, 6.45) is 1.37. The first kappa shape index (κ1) is 19.8. The van der Waals surface area contributed by atoms with Crippen molar-refractivity contribution < 1.29 is 9.53 Å². The van der Waals surface area contributed by atoms with E-state index in [0.717, 1.165) is 13.1 Å². The molecule has 29 heavy (non-hydrogen) atoms. The summed E-state index contributed by atoms with van der Waals surface area (Å²) in [5.41, 5.74) is 2.84. The number of nitrogens with zero attached hydrogens (tertiary/aromatic N) is 2. The van der Waals surface area contributed by atoms with E-state index in [0.29, 0.717) is 40.4 Å². The first-order valence-corrected chi connectivity index (χ1v) is 10.5. The Labute approximate surface area is 172 Å². The monoisotopic (exact) mass is 412 g/mol. The molecule has 1 amide bonds. The Hall–Kier alpha value is -2.55. The van der Waals surface area contributed by atoms with Crippen molar-refractivity contribution in [1.82, 2.24) is 20.2 Å². The number of ether oxygens (including phenoxy) is 1. The maximum Gasteiger partial charge on any atom is 0.261 e. The highest BCUT2D eigenvalue weighted by atomic mass is 32.1. The second-order valence-corrected chi connectivity index (χ2v) is 8.25. The fraction of sp³-hybridized carbons (Fsp3) is 0.381. The van der Waals surface area contributed by atoms with Gasteiger partial charge in [0.15, 0.2) is 0 Å². The molecule has 2 aromatic heterocycles. The SMILES string of the molecule is Cc1ccc([C@@H](CNC(=O)c2sc3nc[nH]c(=O)c3c2C)N2CCOCC2)cc1. The summed E-state index contributed by atoms with van der Waals surface area (Å²) in [7, 11) is 0. The van der Waals surface area contributed by atoms with Crippen LogP contribution in [-0.2, 0) is 4.74 Å². The summed E-state index contributed by atoms with van der Waals surface area (Å²) in [6.45, 7) is 7.39. The third-order valence-electron chi connectivity index (χ3n) is 5.34. The van der Waals surface area contributed by atoms with Crippen molar-refractivity contribution >= 4 is 27.5 Å². The van der Waals surface area contributed by atoms with Gasteiger partial charge in [-0.25, -0.2) is 4.98 Å². The van der Waals surface area contributed by atoms with E-state index in [1.54, 1.807) is 6.92 Å². The van der Waals surface area contributed by atoms with E-state index in [1.807, 2.05) is 0 Å². The normalized spacial score (nSPS) is 16.1. The molecule has 4 rings (SSSR count). The van der Waals surface area contributed by atoms with Gasteiger partial charge in [0.1, 0.15) is 4.83 Å². The number of aryl methyl sites for hydroxylation is 2. The molecule has 1 atom stereocenters. The van der Waals surface area contributed by atoms with Gasteiger partial charge in [-0.3, -0.25) is 14.5 Å². The van der Waals surface area contributed by atoms with Crippen LogP contribution < -0.4 is 10.9 Å². The summed E-state index contributed by atoms with van der Waals surface area (Å²) >= 11 is 1.25. The number of aromatic amines is 1. The third kappa shape index (κ3) is 4.10. The van der Waals surface area contributed by atoms with Crippen LogP contribution in [0.1, 0.15) is 32.4 Å². The molecule has 0 aliphatic carbocycles. The predicted molar refractivity (Wildman–Crippen MR) is 114 cm³/mol. The summed E-state index contributed by atoms with van der Waals surface area (Å²) in [5.74, 6) is -0.171. The van der Waals surface area contributed by atoms with Crippen LogP contribution in [0.15, 0.2) is 35.4 Å². The highest BCUT2D eigenvalue weighted by molar-refractivity contribution is 7.20. The molecule has 152 valence electrons. The predicted octanol–water partition coefficient (Wildman–Crippen LogP) is 2.40. The van der Waals surface area contributed by atoms with Crippen LogP contribution in [0, 0.1) is 13.8 Å². The van der Waals surface area contributed by atoms with E-state index < -0.39 is 0 Å². The van der Waals surface area contributed by atoms with E-state index in [-0.39, 0.29) is 17.5 Å². The molecule has 3 aromatic rings. The van der Waals surface area contributed by atoms with Crippen LogP contribution in [0.4, 0.5) is 0 Å². The topological polar surface area (TPSA) is 87.3 Å². The number of thiophene rings is 1. The molecule has 0 saturated carbocycles. The molecular formula is C21H24N4O3S. The van der Waals surface area contributed by atoms with E-state index >= 15 is 0 Å². The zero-order valence-corrected chi connectivity index (χ0v) is 17.3. The number of amides is 1. The van der Waals surface area contributed by atoms with Gasteiger partial charge >= 0.3 is 0 Å². The number of rotatable bonds is 5. The number of nitrogens with one attached hydrogen (secondary N) is 2. The minimum atomic E-state index is -0.214. The molecule has 3 heterocycles. The maximum atomic E-state index is 12.9. The van der Waals surface area contributed by atoms with Crippen molar-refractivity contribution in [2.45, 2.75) is 19.9 Å². The molecule has 8 heteroatoms. The van der Waals surface area contributed by atoms with E-state index in [2.05, 4.69) is 51.4 Å². The summed E-state index contributed by atoms with van der Waals surface area (Å²) in [5, 5.41) is 3.57. The van der Waals surface area contributed by atoms with Gasteiger partial charge in [-0.05, 0) is 25.0 Å². The number of morpholine rings is 1. The number of fused-ring (bicyclic) bond motifs is 1. The van der Waals surface area contributed by atoms with E-state index in [9.17, 15) is 9.59 Å². The lowest BCUT2D eigenvalue weighted by molar-refractivity contribution is 0.0162. The van der Waals surface area contributed by atoms with Gasteiger partial charge in [0, 0.05) is 19.6 Å². The number of carbonyl (C=O) groups is 1. The smallest absolute Gasteiger partial charge is 0.261 e. The highest BCUT2D eigenvalue weighted by Crippen LogP contribution is 2.27. The van der Waals surface area contributed by atoms with Gasteiger partial charge in [0.25, 0.3) is 11.5 Å². The van der Waals surface area contributed by atoms with Crippen LogP contribution in [0.25, 0.3) is 10.2 Å². The number of H-pyrrole nitrogens is 1. The zero-order valence-electron chi connectivity index (χ0n) is 16.5. The zero-order chi connectivity index (χ0) is 20.4. The third-order valence-corrected chi connectivity index (χ3v) is 6.54. The van der Waals surface area contributed by atoms with Gasteiger partial charge in [-0.1, -0.05) is 29.8 Å². The van der Waals surface area contributed by atoms with Crippen molar-refractivity contribution in [2.24, 2.45) is 0 Å². The number of aromatic nitrogens is 2. The Kier molecular flexibility index (Phi) is 5.75. The highest BCUT2D eigenvalue weighted by Gasteiger charge is 2.25. The summed E-state index contributed by atoms with van der Waals surface area (Å²) < 4.78 is 5.49. The van der Waals surface area contributed by atoms with Crippen molar-refractivity contribution in [3.63, 3.8) is 0 Å². The fourth-order valence-electron chi connectivity index (χ4n) is 3.70. The average Bonchev–Trinajstić information content (AvgIpc) is 3.08. The Morgan fingerprint density at radius 1 is 1.28 bits per heavy atom. The van der Waals surface area contributed by atoms with Gasteiger partial charge in [-0.2, -0.15) is 0 Å². The first-order valence-electron chi connectivity index (χ1n) is 9.68. The summed E-state index contributed by atoms with van der Waals surface area (Å²) in [4.78, 5) is 35.2. The molecular weight excluding hydrogens is 388 g/mol. The minimum Gasteiger partial charge on any atom is -0.379 e. The van der Waals surface area contributed by atoms with Gasteiger partial charge < -0.3 is 15.0 Å². The Morgan fingerprint density at radius 2 is 2.00 bits per heavy atom. The lowest BCUT2D eigenvalue weighted by atomic mass is 10.0. The number of hydrogen-bond donors (Lipinski definition) is 2. The molecule has 2 N–H and O–H groups in total. The molecule has 1 saturated heterocycles. The van der Waals surface area contributed by atoms with Crippen molar-refractivity contribution in [3.8, 4) is 0 Å². The Morgan fingerprint density at radius 3 is 2.69 bits per heavy atom. The Balaban J connectivity index is 1.56. The maximum absolute atomic E-state index is 12.9. The fourth-order valence-corrected chi connectivity index (χ4v) is 4.77. The van der Waals surface area contributed by atoms with Gasteiger partial charge in [0.2, 0.25) is 0 Å². The lowest BCUT2D eigenvalue weighted by Gasteiger charge is -2.35. The van der Waals surface area contributed by atoms with E-state index in [1.165, 1.54) is 28.8 Å². The van der Waals surface area contributed by atoms with Crippen molar-refractivity contribution in [1.29, 1.82) is 0 Å². The average molecular weight is 413 g/mol. The van der Waals surface area contributed by atoms with Crippen molar-refractivity contribution in [2.75, 3.05) is 32.8 Å². The van der Waals surface area contributed by atoms with Crippen molar-refractivity contribution in [3.05, 3.63) is 62.5 Å². The van der Waals surface area contributed by atoms with Crippen LogP contribution in [-0.4, -0.2) is 53.6 Å². The molecule has 0 unspecified atom stereocenters. The molecule has 1 aliphatic heterocycles. The molecule has 7 nitrogen and oxygen atoms in total. The van der Waals surface area contributed by atoms with Crippen LogP contribution >= 0.6 is 11.3 Å². The largest absolute Gasteiger partial charge is 0.379 e. The number of carbonyl (C=O) groups excluding carboxylic acids is 1. The molecule has 0 bridgehead atoms. The lowest BCUT2D eigenvalue weighted by Crippen LogP contribution is -2.43. The molecule has 0 radical (unpaired) electrons. The van der Waals surface area contributed by atoms with E-state index in [4.69, 9.17) is 4.74 Å². The second-order valence-electron chi connectivity index (χ2n) is 7.25. The van der Waals surface area contributed by atoms with Gasteiger partial charge in [-0.15, -0.1) is 11.3 Å². The van der Waals surface area contributed by atoms with Crippen LogP contribution in [0.5, 0.6) is 0 Å². The number of hydrogen-bond acceptors (Lipinski definition) is 6. The molecule has 1 fully saturated rings. The quantitative estimate of drug-likeness (QED) is 0.672. The standard InChI is InChI=1S/C21H24N4O3S/c1-13-3-5-15(6-4-13)16(25-7-9-28-10-8-25)11-22-20(27)18-14(2)17-19(26)23-12-24-21(17)29-18/h3-6,12,16H,7-11H2,1-2H3,(H,22,27)(H,23,24,26)/t16-/m1/s1. The van der Waals surface area contributed by atoms with Gasteiger partial charge in [0.05, 0.1) is 35.8 Å². The molecule has 1 aromatic carbocycles.